The van der Waals surface area contributed by atoms with Crippen molar-refractivity contribution in [2.24, 2.45) is 0 Å². The third kappa shape index (κ3) is 19.8. The van der Waals surface area contributed by atoms with Crippen LogP contribution in [0.15, 0.2) is 0 Å². The first kappa shape index (κ1) is 30.7. The smallest absolute Gasteiger partial charge is 0 e. The summed E-state index contributed by atoms with van der Waals surface area (Å²) in [5.74, 6) is -4.91. The number of rotatable bonds is 11. The second-order valence-corrected chi connectivity index (χ2v) is 4.00. The number of nitrogens with zero attached hydrogens (tertiary/aromatic N) is 2. The van der Waals surface area contributed by atoms with Gasteiger partial charge in [-0.05, 0) is 0 Å². The van der Waals surface area contributed by atoms with Crippen molar-refractivity contribution < 1.29 is 56.1 Å². The Morgan fingerprint density at radius 2 is 0.783 bits per heavy atom. The van der Waals surface area contributed by atoms with Gasteiger partial charge in [0.15, 0.2) is 17.4 Å². The minimum absolute atomic E-state index is 0. The zero-order valence-corrected chi connectivity index (χ0v) is 11.9. The molecule has 10 nitrogen and oxygen atoms in total. The number of carboxylic acids is 4. The summed E-state index contributed by atoms with van der Waals surface area (Å²) in [6.45, 7) is -2.25. The molecule has 132 valence electrons. The summed E-state index contributed by atoms with van der Waals surface area (Å²) >= 11 is 0. The Hall–Kier alpha value is -0.174. The average molecular weight is 405 g/mol. The minimum atomic E-state index is -1.23. The van der Waals surface area contributed by atoms with Crippen LogP contribution < -0.4 is 0 Å². The summed E-state index contributed by atoms with van der Waals surface area (Å²) in [7, 11) is 0. The molecule has 0 aliphatic rings. The van der Waals surface area contributed by atoms with Crippen LogP contribution in [0.25, 0.3) is 0 Å². The van der Waals surface area contributed by atoms with Gasteiger partial charge in [-0.25, -0.2) is 0 Å². The molecule has 0 rings (SSSR count). The molecule has 0 aliphatic carbocycles. The van der Waals surface area contributed by atoms with Gasteiger partial charge in [-0.2, -0.15) is 0 Å². The van der Waals surface area contributed by atoms with E-state index in [1.54, 1.807) is 0 Å². The molecule has 0 spiro atoms. The molecule has 0 radical (unpaired) electrons. The van der Waals surface area contributed by atoms with Crippen LogP contribution in [0.5, 0.6) is 0 Å². The van der Waals surface area contributed by atoms with E-state index >= 15 is 0 Å². The third-order valence-corrected chi connectivity index (χ3v) is 2.17. The molecule has 4 N–H and O–H groups in total. The van der Waals surface area contributed by atoms with Gasteiger partial charge in [0.2, 0.25) is 0 Å². The zero-order valence-electron chi connectivity index (χ0n) is 10.9. The number of hydrogen-bond acceptors (Lipinski definition) is 6. The van der Waals surface area contributed by atoms with Gasteiger partial charge in [0, 0.05) is 29.6 Å². The first-order chi connectivity index (χ1) is 9.20. The molecule has 0 aromatic rings. The van der Waals surface area contributed by atoms with Crippen LogP contribution >= 0.6 is 0 Å². The fourth-order valence-corrected chi connectivity index (χ4v) is 1.48. The van der Waals surface area contributed by atoms with E-state index in [1.807, 2.05) is 0 Å². The molecule has 0 atom stereocenters. The summed E-state index contributed by atoms with van der Waals surface area (Å²) in [5, 5.41) is 34.5. The SMILES string of the molecule is O=C(O)CN(CCN(CC(=O)O)CC(=O)O)CC(=O)O.[AlH3].[NaH].[Ni]. The van der Waals surface area contributed by atoms with Crippen molar-refractivity contribution >= 4 is 70.8 Å². The second-order valence-electron chi connectivity index (χ2n) is 4.00. The molecule has 0 unspecified atom stereocenters. The van der Waals surface area contributed by atoms with Gasteiger partial charge in [-0.3, -0.25) is 29.0 Å². The third-order valence-electron chi connectivity index (χ3n) is 2.17. The maximum Gasteiger partial charge on any atom is 0 e. The van der Waals surface area contributed by atoms with Crippen molar-refractivity contribution in [3.8, 4) is 0 Å². The van der Waals surface area contributed by atoms with Crippen molar-refractivity contribution in [1.29, 1.82) is 0 Å². The van der Waals surface area contributed by atoms with E-state index < -0.39 is 50.1 Å². The van der Waals surface area contributed by atoms with E-state index in [0.717, 1.165) is 9.80 Å². The monoisotopic (exact) mass is 404 g/mol. The Morgan fingerprint density at radius 3 is 0.913 bits per heavy atom. The first-order valence-corrected chi connectivity index (χ1v) is 5.52. The van der Waals surface area contributed by atoms with Crippen molar-refractivity contribution in [1.82, 2.24) is 9.80 Å². The van der Waals surface area contributed by atoms with Gasteiger partial charge < -0.3 is 20.4 Å². The van der Waals surface area contributed by atoms with Gasteiger partial charge in [-0.1, -0.05) is 0 Å². The predicted molar refractivity (Wildman–Crippen MR) is 80.5 cm³/mol. The maximum absolute atomic E-state index is 10.6. The summed E-state index contributed by atoms with van der Waals surface area (Å²) in [6, 6.07) is 0. The van der Waals surface area contributed by atoms with Crippen molar-refractivity contribution in [3.63, 3.8) is 0 Å². The van der Waals surface area contributed by atoms with Crippen LogP contribution in [-0.4, -0.2) is 140 Å². The van der Waals surface area contributed by atoms with E-state index in [4.69, 9.17) is 20.4 Å². The van der Waals surface area contributed by atoms with Gasteiger partial charge in [0.05, 0.1) is 26.2 Å². The summed E-state index contributed by atoms with van der Waals surface area (Å²) in [5.41, 5.74) is 0. The molecule has 0 aromatic carbocycles. The quantitative estimate of drug-likeness (QED) is 0.251. The van der Waals surface area contributed by atoms with Crippen LogP contribution in [0.4, 0.5) is 0 Å². The molecule has 0 aliphatic heterocycles. The van der Waals surface area contributed by atoms with Gasteiger partial charge in [-0.15, -0.1) is 0 Å². The van der Waals surface area contributed by atoms with Gasteiger partial charge in [0.25, 0.3) is 0 Å². The summed E-state index contributed by atoms with van der Waals surface area (Å²) in [6.07, 6.45) is 0. The molecule has 0 amide bonds. The number of carbonyl (C=O) groups is 4. The fourth-order valence-electron chi connectivity index (χ4n) is 1.48. The standard InChI is InChI=1S/C10H16N2O8.Al.Na.Ni.4H/c13-7(14)3-11(4-8(15)16)1-2-12(5-9(17)18)6-10(19)20;;;;;;;/h1-6H2,(H,13,14)(H,15,16)(H,17,18)(H,19,20);;;;;;;. The first-order valence-electron chi connectivity index (χ1n) is 5.52. The van der Waals surface area contributed by atoms with E-state index in [-0.39, 0.29) is 76.5 Å². The summed E-state index contributed by atoms with van der Waals surface area (Å²) < 4.78 is 0. The number of carboxylic acid groups (broad SMARTS) is 4. The summed E-state index contributed by atoms with van der Waals surface area (Å²) in [4.78, 5) is 44.4. The van der Waals surface area contributed by atoms with Gasteiger partial charge >= 0.3 is 53.4 Å². The van der Waals surface area contributed by atoms with Crippen LogP contribution in [0.3, 0.4) is 0 Å². The molecule has 0 fully saturated rings. The largest absolute Gasteiger partial charge is 0 e. The number of aliphatic carboxylic acids is 4. The van der Waals surface area contributed by atoms with E-state index in [0.29, 0.717) is 0 Å². The fraction of sp³-hybridized carbons (Fsp3) is 0.600. The van der Waals surface area contributed by atoms with E-state index in [2.05, 4.69) is 0 Å². The molecular weight excluding hydrogens is 385 g/mol. The predicted octanol–water partition coefficient (Wildman–Crippen LogP) is -3.91. The normalized spacial score (nSPS) is 9.30. The molecule has 0 aromatic heterocycles. The Labute approximate surface area is 175 Å². The Kier molecular flexibility index (Phi) is 22.2. The zero-order chi connectivity index (χ0) is 15.7. The second kappa shape index (κ2) is 16.7. The molecule has 0 saturated heterocycles. The minimum Gasteiger partial charge on any atom is 0 e. The van der Waals surface area contributed by atoms with Crippen LogP contribution in [-0.2, 0) is 35.7 Å². The van der Waals surface area contributed by atoms with Crippen LogP contribution in [0.2, 0.25) is 0 Å². The van der Waals surface area contributed by atoms with E-state index in [9.17, 15) is 19.2 Å². The van der Waals surface area contributed by atoms with Crippen molar-refractivity contribution in [2.75, 3.05) is 39.3 Å². The molecule has 0 bridgehead atoms. The number of hydrogen-bond donors (Lipinski definition) is 4. The average Bonchev–Trinajstić information content (AvgIpc) is 2.22. The molecule has 13 heteroatoms. The topological polar surface area (TPSA) is 156 Å². The van der Waals surface area contributed by atoms with Crippen LogP contribution in [0.1, 0.15) is 0 Å². The van der Waals surface area contributed by atoms with Gasteiger partial charge in [0.1, 0.15) is 0 Å². The van der Waals surface area contributed by atoms with Crippen molar-refractivity contribution in [3.05, 3.63) is 0 Å². The molecular formula is C10H20AlN2NaNiO8. The Morgan fingerprint density at radius 1 is 0.609 bits per heavy atom. The van der Waals surface area contributed by atoms with Crippen molar-refractivity contribution in [2.45, 2.75) is 0 Å². The molecule has 0 heterocycles. The Bertz CT molecular complexity index is 333. The van der Waals surface area contributed by atoms with E-state index in [1.165, 1.54) is 0 Å². The van der Waals surface area contributed by atoms with Crippen LogP contribution in [0, 0.1) is 0 Å². The molecule has 23 heavy (non-hydrogen) atoms. The maximum atomic E-state index is 10.6. The molecule has 0 saturated carbocycles. The Balaban J connectivity index is -0.000000602.